The van der Waals surface area contributed by atoms with Gasteiger partial charge >= 0.3 is 0 Å². The van der Waals surface area contributed by atoms with E-state index in [0.29, 0.717) is 5.56 Å². The van der Waals surface area contributed by atoms with Crippen molar-refractivity contribution in [2.24, 2.45) is 0 Å². The highest BCUT2D eigenvalue weighted by Crippen LogP contribution is 2.24. The van der Waals surface area contributed by atoms with Crippen molar-refractivity contribution in [3.8, 4) is 5.75 Å². The maximum atomic E-state index is 10.6. The van der Waals surface area contributed by atoms with Crippen LogP contribution in [-0.4, -0.2) is 13.4 Å². The van der Waals surface area contributed by atoms with E-state index in [1.54, 1.807) is 7.11 Å². The first-order valence-corrected chi connectivity index (χ1v) is 4.56. The molecule has 0 heterocycles. The standard InChI is InChI=1S/C9H9IO2/c1-6-3-7(5-11)9(10)8(4-6)12-2/h3-5H,1-2H3. The highest BCUT2D eigenvalue weighted by molar-refractivity contribution is 14.1. The van der Waals surface area contributed by atoms with Gasteiger partial charge in [-0.05, 0) is 47.2 Å². The van der Waals surface area contributed by atoms with E-state index in [1.807, 2.05) is 19.1 Å². The van der Waals surface area contributed by atoms with Crippen LogP contribution in [0.1, 0.15) is 15.9 Å². The molecule has 0 atom stereocenters. The van der Waals surface area contributed by atoms with E-state index in [1.165, 1.54) is 0 Å². The molecule has 0 radical (unpaired) electrons. The van der Waals surface area contributed by atoms with Gasteiger partial charge in [0.05, 0.1) is 10.7 Å². The molecule has 1 aromatic rings. The van der Waals surface area contributed by atoms with Crippen LogP contribution in [0.4, 0.5) is 0 Å². The molecule has 2 nitrogen and oxygen atoms in total. The molecule has 0 aliphatic carbocycles. The Kier molecular flexibility index (Phi) is 3.08. The van der Waals surface area contributed by atoms with E-state index in [9.17, 15) is 4.79 Å². The van der Waals surface area contributed by atoms with Gasteiger partial charge in [0.25, 0.3) is 0 Å². The Morgan fingerprint density at radius 2 is 2.17 bits per heavy atom. The predicted molar refractivity (Wildman–Crippen MR) is 55.8 cm³/mol. The highest BCUT2D eigenvalue weighted by atomic mass is 127. The van der Waals surface area contributed by atoms with Gasteiger partial charge in [-0.25, -0.2) is 0 Å². The van der Waals surface area contributed by atoms with Crippen molar-refractivity contribution in [2.75, 3.05) is 7.11 Å². The van der Waals surface area contributed by atoms with Gasteiger partial charge in [-0.1, -0.05) is 0 Å². The van der Waals surface area contributed by atoms with Gasteiger partial charge in [-0.15, -0.1) is 0 Å². The molecule has 0 unspecified atom stereocenters. The lowest BCUT2D eigenvalue weighted by molar-refractivity contribution is 0.112. The number of ether oxygens (including phenoxy) is 1. The maximum absolute atomic E-state index is 10.6. The van der Waals surface area contributed by atoms with Gasteiger partial charge in [0.2, 0.25) is 0 Å². The summed E-state index contributed by atoms with van der Waals surface area (Å²) in [5.41, 5.74) is 1.72. The van der Waals surface area contributed by atoms with Crippen LogP contribution in [-0.2, 0) is 0 Å². The van der Waals surface area contributed by atoms with E-state index < -0.39 is 0 Å². The third kappa shape index (κ3) is 1.77. The van der Waals surface area contributed by atoms with E-state index in [4.69, 9.17) is 4.74 Å². The van der Waals surface area contributed by atoms with Gasteiger partial charge in [-0.2, -0.15) is 0 Å². The van der Waals surface area contributed by atoms with Gasteiger partial charge in [0.1, 0.15) is 5.75 Å². The molecule has 0 aliphatic heterocycles. The van der Waals surface area contributed by atoms with E-state index in [-0.39, 0.29) is 0 Å². The fraction of sp³-hybridized carbons (Fsp3) is 0.222. The fourth-order valence-electron chi connectivity index (χ4n) is 0.997. The molecule has 0 fully saturated rings. The lowest BCUT2D eigenvalue weighted by Gasteiger charge is -2.06. The average Bonchev–Trinajstić information content (AvgIpc) is 2.08. The smallest absolute Gasteiger partial charge is 0.151 e. The third-order valence-corrected chi connectivity index (χ3v) is 2.71. The number of hydrogen-bond donors (Lipinski definition) is 0. The molecule has 3 heteroatoms. The molecular formula is C9H9IO2. The Bertz CT molecular complexity index is 308. The molecule has 1 aromatic carbocycles. The predicted octanol–water partition coefficient (Wildman–Crippen LogP) is 2.42. The van der Waals surface area contributed by atoms with Crippen LogP contribution in [0.15, 0.2) is 12.1 Å². The Hall–Kier alpha value is -0.580. The molecule has 0 spiro atoms. The average molecular weight is 276 g/mol. The molecule has 0 bridgehead atoms. The molecule has 0 amide bonds. The molecular weight excluding hydrogens is 267 g/mol. The topological polar surface area (TPSA) is 26.3 Å². The number of rotatable bonds is 2. The number of aldehydes is 1. The highest BCUT2D eigenvalue weighted by Gasteiger charge is 2.05. The molecule has 0 aromatic heterocycles. The van der Waals surface area contributed by atoms with Crippen molar-refractivity contribution in [3.05, 3.63) is 26.8 Å². The Balaban J connectivity index is 3.31. The van der Waals surface area contributed by atoms with E-state index in [2.05, 4.69) is 22.6 Å². The lowest BCUT2D eigenvalue weighted by Crippen LogP contribution is -1.93. The maximum Gasteiger partial charge on any atom is 0.151 e. The number of halogens is 1. The van der Waals surface area contributed by atoms with Gasteiger partial charge < -0.3 is 4.74 Å². The Labute approximate surface area is 85.1 Å². The largest absolute Gasteiger partial charge is 0.496 e. The quantitative estimate of drug-likeness (QED) is 0.612. The minimum absolute atomic E-state index is 0.687. The van der Waals surface area contributed by atoms with Gasteiger partial charge in [0.15, 0.2) is 6.29 Å². The first kappa shape index (κ1) is 9.51. The van der Waals surface area contributed by atoms with Crippen LogP contribution in [0.5, 0.6) is 5.75 Å². The zero-order valence-corrected chi connectivity index (χ0v) is 9.08. The molecule has 0 saturated carbocycles. The minimum Gasteiger partial charge on any atom is -0.496 e. The number of methoxy groups -OCH3 is 1. The molecule has 1 rings (SSSR count). The third-order valence-electron chi connectivity index (χ3n) is 1.56. The SMILES string of the molecule is COc1cc(C)cc(C=O)c1I. The van der Waals surface area contributed by atoms with Crippen LogP contribution in [0.25, 0.3) is 0 Å². The summed E-state index contributed by atoms with van der Waals surface area (Å²) >= 11 is 2.10. The summed E-state index contributed by atoms with van der Waals surface area (Å²) < 4.78 is 5.97. The Morgan fingerprint density at radius 3 is 2.67 bits per heavy atom. The number of carbonyl (C=O) groups is 1. The van der Waals surface area contributed by atoms with Crippen LogP contribution in [0.2, 0.25) is 0 Å². The molecule has 0 aliphatic rings. The second-order valence-corrected chi connectivity index (χ2v) is 3.57. The lowest BCUT2D eigenvalue weighted by atomic mass is 10.1. The molecule has 0 saturated heterocycles. The van der Waals surface area contributed by atoms with Crippen molar-refractivity contribution in [1.29, 1.82) is 0 Å². The number of hydrogen-bond acceptors (Lipinski definition) is 2. The molecule has 12 heavy (non-hydrogen) atoms. The van der Waals surface area contributed by atoms with Crippen molar-refractivity contribution in [3.63, 3.8) is 0 Å². The van der Waals surface area contributed by atoms with Crippen LogP contribution in [0.3, 0.4) is 0 Å². The van der Waals surface area contributed by atoms with Gasteiger partial charge in [0, 0.05) is 5.56 Å². The van der Waals surface area contributed by atoms with Crippen molar-refractivity contribution >= 4 is 28.9 Å². The zero-order valence-electron chi connectivity index (χ0n) is 6.93. The summed E-state index contributed by atoms with van der Waals surface area (Å²) in [7, 11) is 1.60. The summed E-state index contributed by atoms with van der Waals surface area (Å²) in [4.78, 5) is 10.6. The molecule has 64 valence electrons. The number of benzene rings is 1. The van der Waals surface area contributed by atoms with E-state index >= 15 is 0 Å². The first-order valence-electron chi connectivity index (χ1n) is 3.48. The van der Waals surface area contributed by atoms with Crippen molar-refractivity contribution < 1.29 is 9.53 Å². The van der Waals surface area contributed by atoms with Crippen molar-refractivity contribution in [2.45, 2.75) is 6.92 Å². The van der Waals surface area contributed by atoms with Crippen LogP contribution in [0, 0.1) is 10.5 Å². The van der Waals surface area contributed by atoms with Crippen LogP contribution < -0.4 is 4.74 Å². The summed E-state index contributed by atoms with van der Waals surface area (Å²) in [6, 6.07) is 3.76. The second kappa shape index (κ2) is 3.89. The summed E-state index contributed by atoms with van der Waals surface area (Å²) in [5.74, 6) is 0.762. The second-order valence-electron chi connectivity index (χ2n) is 2.49. The monoisotopic (exact) mass is 276 g/mol. The van der Waals surface area contributed by atoms with E-state index in [0.717, 1.165) is 21.2 Å². The number of carbonyl (C=O) groups excluding carboxylic acids is 1. The van der Waals surface area contributed by atoms with Crippen molar-refractivity contribution in [1.82, 2.24) is 0 Å². The zero-order chi connectivity index (χ0) is 9.14. The first-order chi connectivity index (χ1) is 5.69. The Morgan fingerprint density at radius 1 is 1.50 bits per heavy atom. The molecule has 0 N–H and O–H groups in total. The summed E-state index contributed by atoms with van der Waals surface area (Å²) in [5, 5.41) is 0. The summed E-state index contributed by atoms with van der Waals surface area (Å²) in [6.07, 6.45) is 0.845. The fourth-order valence-corrected chi connectivity index (χ4v) is 1.66. The van der Waals surface area contributed by atoms with Gasteiger partial charge in [-0.3, -0.25) is 4.79 Å². The minimum atomic E-state index is 0.687. The number of aryl methyl sites for hydroxylation is 1. The normalized spacial score (nSPS) is 9.58. The van der Waals surface area contributed by atoms with Crippen LogP contribution >= 0.6 is 22.6 Å². The summed E-state index contributed by atoms with van der Waals surface area (Å²) in [6.45, 7) is 1.94.